The van der Waals surface area contributed by atoms with Gasteiger partial charge in [-0.05, 0) is 57.3 Å². The van der Waals surface area contributed by atoms with Crippen LogP contribution in [0.3, 0.4) is 0 Å². The molecule has 3 rings (SSSR count). The molecule has 1 aliphatic carbocycles. The highest BCUT2D eigenvalue weighted by Gasteiger charge is 2.72. The summed E-state index contributed by atoms with van der Waals surface area (Å²) < 4.78 is 11.2. The maximum Gasteiger partial charge on any atom is 0.341 e. The zero-order valence-electron chi connectivity index (χ0n) is 15.0. The third-order valence-electron chi connectivity index (χ3n) is 5.38. The number of hydrogen-bond donors (Lipinski definition) is 0. The summed E-state index contributed by atoms with van der Waals surface area (Å²) in [4.78, 5) is 36.9. The van der Waals surface area contributed by atoms with Crippen molar-refractivity contribution in [2.75, 3.05) is 0 Å². The fourth-order valence-corrected chi connectivity index (χ4v) is 3.73. The van der Waals surface area contributed by atoms with Gasteiger partial charge in [-0.3, -0.25) is 9.59 Å². The molecule has 0 aromatic carbocycles. The molecule has 4 atom stereocenters. The van der Waals surface area contributed by atoms with Crippen LogP contribution in [0.25, 0.3) is 0 Å². The van der Waals surface area contributed by atoms with E-state index in [2.05, 4.69) is 6.58 Å². The standard InChI is InChI=1S/C20H24O5/c1-11(2)14-5-6-20-18(25-20)17(24-19(20)23)8-12(3)7-15(21)9-13(4)16(22)10-14/h7,9,14,17-18H,1,5-6,8,10H2,2-4H3. The summed E-state index contributed by atoms with van der Waals surface area (Å²) >= 11 is 0. The third-order valence-corrected chi connectivity index (χ3v) is 5.38. The van der Waals surface area contributed by atoms with Crippen molar-refractivity contribution in [2.24, 2.45) is 5.92 Å². The lowest BCUT2D eigenvalue weighted by atomic mass is 9.85. The molecule has 0 N–H and O–H groups in total. The molecule has 0 amide bonds. The predicted octanol–water partition coefficient (Wildman–Crippen LogP) is 2.85. The second kappa shape index (κ2) is 6.37. The molecule has 5 heteroatoms. The Morgan fingerprint density at radius 1 is 1.20 bits per heavy atom. The Morgan fingerprint density at radius 3 is 2.56 bits per heavy atom. The van der Waals surface area contributed by atoms with E-state index in [0.29, 0.717) is 24.8 Å². The Kier molecular flexibility index (Phi) is 4.54. The zero-order chi connectivity index (χ0) is 18.4. The Bertz CT molecular complexity index is 714. The maximum absolute atomic E-state index is 12.4. The van der Waals surface area contributed by atoms with E-state index in [1.807, 2.05) is 13.8 Å². The van der Waals surface area contributed by atoms with Crippen molar-refractivity contribution in [2.45, 2.75) is 64.3 Å². The number of rotatable bonds is 1. The van der Waals surface area contributed by atoms with E-state index in [9.17, 15) is 14.4 Å². The van der Waals surface area contributed by atoms with Gasteiger partial charge in [0.25, 0.3) is 0 Å². The minimum atomic E-state index is -0.860. The average molecular weight is 344 g/mol. The summed E-state index contributed by atoms with van der Waals surface area (Å²) in [5.74, 6) is -0.656. The molecular weight excluding hydrogens is 320 g/mol. The first-order chi connectivity index (χ1) is 11.7. The van der Waals surface area contributed by atoms with Gasteiger partial charge < -0.3 is 9.47 Å². The van der Waals surface area contributed by atoms with Crippen LogP contribution in [0.2, 0.25) is 0 Å². The minimum Gasteiger partial charge on any atom is -0.457 e. The highest BCUT2D eigenvalue weighted by atomic mass is 16.7. The minimum absolute atomic E-state index is 0.0442. The van der Waals surface area contributed by atoms with Crippen molar-refractivity contribution in [3.05, 3.63) is 35.5 Å². The summed E-state index contributed by atoms with van der Waals surface area (Å²) in [6.45, 7) is 9.35. The molecule has 2 fully saturated rings. The van der Waals surface area contributed by atoms with Crippen molar-refractivity contribution >= 4 is 17.5 Å². The van der Waals surface area contributed by atoms with Crippen molar-refractivity contribution < 1.29 is 23.9 Å². The van der Waals surface area contributed by atoms with E-state index in [1.165, 1.54) is 12.2 Å². The maximum atomic E-state index is 12.4. The van der Waals surface area contributed by atoms with Gasteiger partial charge in [-0.25, -0.2) is 4.79 Å². The number of epoxide rings is 1. The Hall–Kier alpha value is -2.01. The smallest absolute Gasteiger partial charge is 0.341 e. The van der Waals surface area contributed by atoms with Gasteiger partial charge >= 0.3 is 5.97 Å². The molecule has 134 valence electrons. The first kappa shape index (κ1) is 17.8. The third kappa shape index (κ3) is 3.38. The van der Waals surface area contributed by atoms with Crippen molar-refractivity contribution in [3.63, 3.8) is 0 Å². The number of esters is 1. The molecule has 4 unspecified atom stereocenters. The van der Waals surface area contributed by atoms with Gasteiger partial charge in [0.05, 0.1) is 0 Å². The van der Waals surface area contributed by atoms with Crippen LogP contribution in [0.15, 0.2) is 35.5 Å². The number of hydrogen-bond acceptors (Lipinski definition) is 5. The molecule has 0 radical (unpaired) electrons. The molecule has 3 aliphatic rings. The summed E-state index contributed by atoms with van der Waals surface area (Å²) in [7, 11) is 0. The molecule has 25 heavy (non-hydrogen) atoms. The first-order valence-corrected chi connectivity index (χ1v) is 8.70. The van der Waals surface area contributed by atoms with Gasteiger partial charge in [0.15, 0.2) is 17.2 Å². The molecule has 2 bridgehead atoms. The monoisotopic (exact) mass is 344 g/mol. The zero-order valence-corrected chi connectivity index (χ0v) is 15.0. The first-order valence-electron chi connectivity index (χ1n) is 8.70. The molecule has 5 nitrogen and oxygen atoms in total. The molecule has 2 heterocycles. The second-order valence-electron chi connectivity index (χ2n) is 7.51. The van der Waals surface area contributed by atoms with Crippen LogP contribution in [0.5, 0.6) is 0 Å². The number of carbonyl (C=O) groups is 3. The SMILES string of the molecule is C=C(C)C1CCC23OC2C(CC(C)=CC(=O)C=C(C)C(=O)C1)OC3=O. The number of allylic oxidation sites excluding steroid dienone is 4. The van der Waals surface area contributed by atoms with Crippen molar-refractivity contribution in [3.8, 4) is 0 Å². The van der Waals surface area contributed by atoms with Crippen LogP contribution in [0.1, 0.15) is 46.5 Å². The van der Waals surface area contributed by atoms with Gasteiger partial charge in [-0.1, -0.05) is 17.7 Å². The van der Waals surface area contributed by atoms with E-state index >= 15 is 0 Å². The molecule has 0 aromatic heterocycles. The second-order valence-corrected chi connectivity index (χ2v) is 7.51. The molecule has 0 aromatic rings. The van der Waals surface area contributed by atoms with Gasteiger partial charge in [0, 0.05) is 12.8 Å². The molecule has 2 aliphatic heterocycles. The average Bonchev–Trinajstić information content (AvgIpc) is 3.19. The molecule has 2 saturated heterocycles. The topological polar surface area (TPSA) is 73.0 Å². The summed E-state index contributed by atoms with van der Waals surface area (Å²) in [5, 5.41) is 0. The van der Waals surface area contributed by atoms with Crippen LogP contribution in [-0.2, 0) is 23.9 Å². The Labute approximate surface area is 147 Å². The van der Waals surface area contributed by atoms with Gasteiger partial charge in [-0.15, -0.1) is 0 Å². The van der Waals surface area contributed by atoms with Crippen LogP contribution < -0.4 is 0 Å². The predicted molar refractivity (Wildman–Crippen MR) is 91.8 cm³/mol. The van der Waals surface area contributed by atoms with Crippen molar-refractivity contribution in [1.29, 1.82) is 0 Å². The molecule has 0 saturated carbocycles. The highest BCUT2D eigenvalue weighted by molar-refractivity contribution is 6.06. The number of ketones is 2. The fraction of sp³-hybridized carbons (Fsp3) is 0.550. The Morgan fingerprint density at radius 2 is 1.92 bits per heavy atom. The Balaban J connectivity index is 1.90. The van der Waals surface area contributed by atoms with Crippen LogP contribution in [0, 0.1) is 5.92 Å². The van der Waals surface area contributed by atoms with Crippen LogP contribution >= 0.6 is 0 Å². The quantitative estimate of drug-likeness (QED) is 0.415. The summed E-state index contributed by atoms with van der Waals surface area (Å²) in [5.41, 5.74) is 1.29. The lowest BCUT2D eigenvalue weighted by molar-refractivity contribution is -0.154. The summed E-state index contributed by atoms with van der Waals surface area (Å²) in [6.07, 6.45) is 4.20. The van der Waals surface area contributed by atoms with E-state index in [4.69, 9.17) is 9.47 Å². The normalized spacial score (nSPS) is 36.0. The highest BCUT2D eigenvalue weighted by Crippen LogP contribution is 2.52. The van der Waals surface area contributed by atoms with E-state index in [0.717, 1.165) is 11.1 Å². The number of carbonyl (C=O) groups excluding carboxylic acids is 3. The van der Waals surface area contributed by atoms with E-state index in [1.54, 1.807) is 6.92 Å². The lowest BCUT2D eigenvalue weighted by Gasteiger charge is -2.17. The number of ether oxygens (including phenoxy) is 2. The van der Waals surface area contributed by atoms with Gasteiger partial charge in [0.2, 0.25) is 0 Å². The van der Waals surface area contributed by atoms with E-state index < -0.39 is 5.60 Å². The lowest BCUT2D eigenvalue weighted by Crippen LogP contribution is -2.24. The van der Waals surface area contributed by atoms with Crippen LogP contribution in [0.4, 0.5) is 0 Å². The fourth-order valence-electron chi connectivity index (χ4n) is 3.73. The van der Waals surface area contributed by atoms with Crippen molar-refractivity contribution in [1.82, 2.24) is 0 Å². The van der Waals surface area contributed by atoms with E-state index in [-0.39, 0.29) is 42.1 Å². The molecule has 0 spiro atoms. The summed E-state index contributed by atoms with van der Waals surface area (Å²) in [6, 6.07) is 0. The van der Waals surface area contributed by atoms with Gasteiger partial charge in [0.1, 0.15) is 12.2 Å². The number of Topliss-reactive ketones (excluding diaryl/α,β-unsaturated/α-hetero) is 1. The largest absolute Gasteiger partial charge is 0.457 e. The van der Waals surface area contributed by atoms with Gasteiger partial charge in [-0.2, -0.15) is 0 Å². The van der Waals surface area contributed by atoms with Crippen LogP contribution in [-0.4, -0.2) is 35.3 Å². The molecular formula is C20H24O5.